The summed E-state index contributed by atoms with van der Waals surface area (Å²) in [5, 5.41) is 1.84. The number of hydrazine groups is 1. The summed E-state index contributed by atoms with van der Waals surface area (Å²) in [6, 6.07) is 8.74. The Morgan fingerprint density at radius 3 is 2.44 bits per heavy atom. The van der Waals surface area contributed by atoms with Crippen LogP contribution < -0.4 is 10.9 Å². The van der Waals surface area contributed by atoms with E-state index < -0.39 is 10.1 Å². The molecule has 0 fully saturated rings. The first-order valence-electron chi connectivity index (χ1n) is 4.83. The highest BCUT2D eigenvalue weighted by Crippen LogP contribution is 2.28. The second-order valence-electron chi connectivity index (χ2n) is 3.82. The van der Waals surface area contributed by atoms with E-state index in [9.17, 15) is 8.42 Å². The van der Waals surface area contributed by atoms with Crippen LogP contribution in [0.5, 0.6) is 0 Å². The Morgan fingerprint density at radius 1 is 1.44 bits per heavy atom. The normalized spacial score (nSPS) is 18.8. The number of hydrogen-bond donors (Lipinski definition) is 2. The third-order valence-corrected chi connectivity index (χ3v) is 2.26. The van der Waals surface area contributed by atoms with Crippen LogP contribution in [0.3, 0.4) is 0 Å². The molecule has 0 saturated heterocycles. The van der Waals surface area contributed by atoms with Gasteiger partial charge in [-0.25, -0.2) is 5.84 Å². The highest BCUT2D eigenvalue weighted by atomic mass is 32.2. The molecule has 0 amide bonds. The second kappa shape index (κ2) is 4.82. The van der Waals surface area contributed by atoms with Gasteiger partial charge in [-0.3, -0.25) is 4.55 Å². The van der Waals surface area contributed by atoms with E-state index in [2.05, 4.69) is 25.1 Å². The predicted molar refractivity (Wildman–Crippen MR) is 63.7 cm³/mol. The highest BCUT2D eigenvalue weighted by Gasteiger charge is 2.22. The van der Waals surface area contributed by atoms with Crippen LogP contribution in [0.25, 0.3) is 0 Å². The number of anilines is 1. The van der Waals surface area contributed by atoms with Gasteiger partial charge in [-0.2, -0.15) is 8.42 Å². The molecule has 0 aliphatic carbocycles. The first-order chi connectivity index (χ1) is 7.29. The molecule has 0 saturated carbocycles. The second-order valence-corrected chi connectivity index (χ2v) is 5.29. The van der Waals surface area contributed by atoms with Crippen molar-refractivity contribution in [2.45, 2.75) is 19.4 Å². The fourth-order valence-electron chi connectivity index (χ4n) is 1.59. The van der Waals surface area contributed by atoms with Crippen LogP contribution in [0, 0.1) is 0 Å². The van der Waals surface area contributed by atoms with Crippen molar-refractivity contribution in [2.75, 3.05) is 11.3 Å². The Kier molecular flexibility index (Phi) is 3.90. The Balaban J connectivity index is 0.000000221. The largest absolute Gasteiger partial charge is 0.308 e. The van der Waals surface area contributed by atoms with Gasteiger partial charge in [0.1, 0.15) is 0 Å². The molecule has 1 aliphatic rings. The average Bonchev–Trinajstić information content (AvgIpc) is 2.41. The van der Waals surface area contributed by atoms with Crippen LogP contribution in [0.2, 0.25) is 0 Å². The number of rotatable bonds is 0. The van der Waals surface area contributed by atoms with Crippen molar-refractivity contribution in [3.05, 3.63) is 29.8 Å². The van der Waals surface area contributed by atoms with E-state index in [0.29, 0.717) is 12.3 Å². The molecule has 16 heavy (non-hydrogen) atoms. The van der Waals surface area contributed by atoms with Crippen molar-refractivity contribution in [1.82, 2.24) is 0 Å². The zero-order valence-corrected chi connectivity index (χ0v) is 10.1. The maximum atomic E-state index is 9.19. The Bertz CT molecular complexity index is 451. The first kappa shape index (κ1) is 13.0. The SMILES string of the molecule is CC1Cc2ccccc2N1N.CS(=O)(=O)O. The first-order valence-corrected chi connectivity index (χ1v) is 6.68. The molecule has 1 aliphatic heterocycles. The monoisotopic (exact) mass is 244 g/mol. The molecule has 5 nitrogen and oxygen atoms in total. The van der Waals surface area contributed by atoms with Gasteiger partial charge < -0.3 is 5.01 Å². The van der Waals surface area contributed by atoms with E-state index in [1.807, 2.05) is 11.1 Å². The number of nitrogens with zero attached hydrogens (tertiary/aromatic N) is 1. The summed E-state index contributed by atoms with van der Waals surface area (Å²) >= 11 is 0. The topological polar surface area (TPSA) is 83.6 Å². The maximum absolute atomic E-state index is 9.19. The van der Waals surface area contributed by atoms with Gasteiger partial charge in [-0.1, -0.05) is 18.2 Å². The van der Waals surface area contributed by atoms with Crippen molar-refractivity contribution in [3.63, 3.8) is 0 Å². The summed E-state index contributed by atoms with van der Waals surface area (Å²) < 4.78 is 25.9. The molecule has 90 valence electrons. The summed E-state index contributed by atoms with van der Waals surface area (Å²) in [4.78, 5) is 0. The van der Waals surface area contributed by atoms with Crippen molar-refractivity contribution in [2.24, 2.45) is 5.84 Å². The van der Waals surface area contributed by atoms with Gasteiger partial charge in [0.25, 0.3) is 10.1 Å². The lowest BCUT2D eigenvalue weighted by Gasteiger charge is -2.17. The van der Waals surface area contributed by atoms with E-state index in [1.54, 1.807) is 0 Å². The Labute approximate surface area is 95.6 Å². The standard InChI is InChI=1S/C9H12N2.CH4O3S/c1-7-6-8-4-2-3-5-9(8)11(7)10;1-5(2,3)4/h2-5,7H,6,10H2,1H3;1H3,(H,2,3,4). The fourth-order valence-corrected chi connectivity index (χ4v) is 1.59. The van der Waals surface area contributed by atoms with Gasteiger partial charge in [0.2, 0.25) is 0 Å². The zero-order chi connectivity index (χ0) is 12.3. The van der Waals surface area contributed by atoms with Gasteiger partial charge >= 0.3 is 0 Å². The molecule has 1 atom stereocenters. The number of benzene rings is 1. The van der Waals surface area contributed by atoms with Gasteiger partial charge in [-0.05, 0) is 25.0 Å². The molecule has 2 rings (SSSR count). The van der Waals surface area contributed by atoms with E-state index in [0.717, 1.165) is 6.42 Å². The maximum Gasteiger partial charge on any atom is 0.261 e. The lowest BCUT2D eigenvalue weighted by atomic mass is 10.1. The van der Waals surface area contributed by atoms with E-state index in [4.69, 9.17) is 10.4 Å². The fraction of sp³-hybridized carbons (Fsp3) is 0.400. The molecule has 1 aromatic carbocycles. The summed E-state index contributed by atoms with van der Waals surface area (Å²) in [6.07, 6.45) is 1.79. The van der Waals surface area contributed by atoms with Crippen molar-refractivity contribution in [1.29, 1.82) is 0 Å². The number of para-hydroxylation sites is 1. The van der Waals surface area contributed by atoms with E-state index in [1.165, 1.54) is 11.3 Å². The number of fused-ring (bicyclic) bond motifs is 1. The van der Waals surface area contributed by atoms with Crippen LogP contribution in [-0.4, -0.2) is 25.3 Å². The minimum Gasteiger partial charge on any atom is -0.308 e. The van der Waals surface area contributed by atoms with E-state index >= 15 is 0 Å². The van der Waals surface area contributed by atoms with Gasteiger partial charge in [0.15, 0.2) is 0 Å². The molecule has 0 spiro atoms. The molecule has 1 aromatic rings. The van der Waals surface area contributed by atoms with Crippen molar-refractivity contribution < 1.29 is 13.0 Å². The highest BCUT2D eigenvalue weighted by molar-refractivity contribution is 7.85. The van der Waals surface area contributed by atoms with Crippen LogP contribution in [-0.2, 0) is 16.5 Å². The predicted octanol–water partition coefficient (Wildman–Crippen LogP) is 0.815. The minimum absolute atomic E-state index is 0.451. The van der Waals surface area contributed by atoms with Crippen LogP contribution >= 0.6 is 0 Å². The molecule has 0 bridgehead atoms. The Hall–Kier alpha value is -1.11. The summed E-state index contributed by atoms with van der Waals surface area (Å²) in [5.74, 6) is 5.82. The molecule has 3 N–H and O–H groups in total. The Morgan fingerprint density at radius 2 is 1.94 bits per heavy atom. The summed E-state index contributed by atoms with van der Waals surface area (Å²) in [6.45, 7) is 2.14. The molecule has 6 heteroatoms. The smallest absolute Gasteiger partial charge is 0.261 e. The quantitative estimate of drug-likeness (QED) is 0.521. The lowest BCUT2D eigenvalue weighted by molar-refractivity contribution is 0.490. The number of hydrogen-bond acceptors (Lipinski definition) is 4. The van der Waals surface area contributed by atoms with Gasteiger partial charge in [0.05, 0.1) is 11.9 Å². The van der Waals surface area contributed by atoms with Crippen LogP contribution in [0.1, 0.15) is 12.5 Å². The summed E-state index contributed by atoms with van der Waals surface area (Å²) in [7, 11) is -3.67. The molecule has 1 heterocycles. The minimum atomic E-state index is -3.67. The van der Waals surface area contributed by atoms with Crippen molar-refractivity contribution >= 4 is 15.8 Å². The zero-order valence-electron chi connectivity index (χ0n) is 9.29. The van der Waals surface area contributed by atoms with E-state index in [-0.39, 0.29) is 0 Å². The van der Waals surface area contributed by atoms with Gasteiger partial charge in [-0.15, -0.1) is 0 Å². The molecule has 0 radical (unpaired) electrons. The third-order valence-electron chi connectivity index (χ3n) is 2.26. The molecule has 1 unspecified atom stereocenters. The lowest BCUT2D eigenvalue weighted by Crippen LogP contribution is -2.35. The molecular formula is C10H16N2O3S. The van der Waals surface area contributed by atoms with Crippen LogP contribution in [0.15, 0.2) is 24.3 Å². The number of nitrogens with two attached hydrogens (primary N) is 1. The summed E-state index contributed by atoms with van der Waals surface area (Å²) in [5.41, 5.74) is 2.54. The van der Waals surface area contributed by atoms with Crippen LogP contribution in [0.4, 0.5) is 5.69 Å². The molecular weight excluding hydrogens is 228 g/mol. The third kappa shape index (κ3) is 3.80. The van der Waals surface area contributed by atoms with Gasteiger partial charge in [0, 0.05) is 6.04 Å². The van der Waals surface area contributed by atoms with Crippen molar-refractivity contribution in [3.8, 4) is 0 Å². The average molecular weight is 244 g/mol. The molecule has 0 aromatic heterocycles.